The van der Waals surface area contributed by atoms with E-state index in [1.165, 1.54) is 5.56 Å². The van der Waals surface area contributed by atoms with Crippen molar-refractivity contribution < 1.29 is 14.3 Å². The summed E-state index contributed by atoms with van der Waals surface area (Å²) in [5.41, 5.74) is 1.83. The van der Waals surface area contributed by atoms with Gasteiger partial charge in [0.05, 0.1) is 5.69 Å². The van der Waals surface area contributed by atoms with E-state index in [0.717, 1.165) is 6.42 Å². The van der Waals surface area contributed by atoms with Crippen molar-refractivity contribution in [3.05, 3.63) is 84.4 Å². The molecule has 0 fully saturated rings. The zero-order valence-corrected chi connectivity index (χ0v) is 14.6. The molecule has 1 N–H and O–H groups in total. The topological polar surface area (TPSA) is 47.6 Å². The smallest absolute Gasteiger partial charge is 0.262 e. The molecule has 0 aromatic heterocycles. The normalized spacial score (nSPS) is 10.2. The Bertz CT molecular complexity index is 845. The fourth-order valence-corrected chi connectivity index (χ4v) is 2.43. The van der Waals surface area contributed by atoms with Crippen LogP contribution in [0.3, 0.4) is 0 Å². The van der Waals surface area contributed by atoms with Crippen LogP contribution in [-0.2, 0) is 11.2 Å². The highest BCUT2D eigenvalue weighted by atomic mass is 16.5. The number of ether oxygens (including phenoxy) is 2. The van der Waals surface area contributed by atoms with Crippen LogP contribution < -0.4 is 14.8 Å². The summed E-state index contributed by atoms with van der Waals surface area (Å²) in [6.07, 6.45) is 0.971. The summed E-state index contributed by atoms with van der Waals surface area (Å²) < 4.78 is 11.4. The maximum absolute atomic E-state index is 12.2. The Balaban J connectivity index is 1.60. The molecule has 0 atom stereocenters. The lowest BCUT2D eigenvalue weighted by atomic mass is 10.2. The molecule has 0 saturated carbocycles. The summed E-state index contributed by atoms with van der Waals surface area (Å²) in [5, 5.41) is 2.83. The molecule has 3 rings (SSSR count). The second-order valence-corrected chi connectivity index (χ2v) is 5.75. The van der Waals surface area contributed by atoms with Crippen LogP contribution in [0.1, 0.15) is 12.5 Å². The molecule has 26 heavy (non-hydrogen) atoms. The molecule has 0 aliphatic rings. The maximum atomic E-state index is 12.2. The van der Waals surface area contributed by atoms with Gasteiger partial charge in [0, 0.05) is 0 Å². The Labute approximate surface area is 153 Å². The van der Waals surface area contributed by atoms with Crippen LogP contribution in [0.5, 0.6) is 17.2 Å². The third-order valence-electron chi connectivity index (χ3n) is 3.83. The van der Waals surface area contributed by atoms with Crippen molar-refractivity contribution in [2.75, 3.05) is 11.9 Å². The first-order chi connectivity index (χ1) is 12.7. The van der Waals surface area contributed by atoms with E-state index in [0.29, 0.717) is 22.9 Å². The molecular weight excluding hydrogens is 326 g/mol. The maximum Gasteiger partial charge on any atom is 0.262 e. The van der Waals surface area contributed by atoms with Gasteiger partial charge in [0.15, 0.2) is 12.4 Å². The van der Waals surface area contributed by atoms with E-state index in [4.69, 9.17) is 9.47 Å². The van der Waals surface area contributed by atoms with Crippen LogP contribution >= 0.6 is 0 Å². The molecule has 0 bridgehead atoms. The van der Waals surface area contributed by atoms with Gasteiger partial charge in [-0.1, -0.05) is 49.4 Å². The fourth-order valence-electron chi connectivity index (χ4n) is 2.43. The Morgan fingerprint density at radius 2 is 1.54 bits per heavy atom. The van der Waals surface area contributed by atoms with Crippen molar-refractivity contribution in [3.8, 4) is 17.2 Å². The summed E-state index contributed by atoms with van der Waals surface area (Å²) >= 11 is 0. The lowest BCUT2D eigenvalue weighted by molar-refractivity contribution is -0.118. The molecule has 0 aliphatic carbocycles. The zero-order valence-electron chi connectivity index (χ0n) is 14.6. The molecule has 0 heterocycles. The van der Waals surface area contributed by atoms with Gasteiger partial charge in [-0.15, -0.1) is 0 Å². The third-order valence-corrected chi connectivity index (χ3v) is 3.83. The molecular formula is C22H21NO3. The molecule has 132 valence electrons. The lowest BCUT2D eigenvalue weighted by Crippen LogP contribution is -2.20. The predicted octanol–water partition coefficient (Wildman–Crippen LogP) is 5.06. The zero-order chi connectivity index (χ0) is 18.2. The molecule has 0 unspecified atom stereocenters. The molecule has 0 saturated heterocycles. The number of para-hydroxylation sites is 3. The fraction of sp³-hybridized carbons (Fsp3) is 0.136. The van der Waals surface area contributed by atoms with Crippen LogP contribution in [0.2, 0.25) is 0 Å². The SMILES string of the molecule is CCc1ccc(OCC(=O)Nc2ccccc2Oc2ccccc2)cc1. The average Bonchev–Trinajstić information content (AvgIpc) is 2.69. The number of aryl methyl sites for hydroxylation is 1. The number of rotatable bonds is 7. The Morgan fingerprint density at radius 3 is 2.27 bits per heavy atom. The molecule has 0 radical (unpaired) electrons. The van der Waals surface area contributed by atoms with Crippen LogP contribution in [0.4, 0.5) is 5.69 Å². The van der Waals surface area contributed by atoms with Crippen molar-refractivity contribution in [1.82, 2.24) is 0 Å². The molecule has 1 amide bonds. The van der Waals surface area contributed by atoms with Crippen molar-refractivity contribution in [2.24, 2.45) is 0 Å². The van der Waals surface area contributed by atoms with Gasteiger partial charge in [-0.25, -0.2) is 0 Å². The van der Waals surface area contributed by atoms with Gasteiger partial charge in [-0.3, -0.25) is 4.79 Å². The van der Waals surface area contributed by atoms with Gasteiger partial charge in [-0.2, -0.15) is 0 Å². The number of amides is 1. The van der Waals surface area contributed by atoms with Crippen LogP contribution in [0, 0.1) is 0 Å². The minimum atomic E-state index is -0.242. The highest BCUT2D eigenvalue weighted by Crippen LogP contribution is 2.29. The highest BCUT2D eigenvalue weighted by molar-refractivity contribution is 5.93. The molecule has 3 aromatic rings. The van der Waals surface area contributed by atoms with Gasteiger partial charge < -0.3 is 14.8 Å². The first-order valence-corrected chi connectivity index (χ1v) is 8.58. The molecule has 0 spiro atoms. The Morgan fingerprint density at radius 1 is 0.846 bits per heavy atom. The van der Waals surface area contributed by atoms with Gasteiger partial charge >= 0.3 is 0 Å². The third kappa shape index (κ3) is 4.86. The van der Waals surface area contributed by atoms with E-state index in [9.17, 15) is 4.79 Å². The van der Waals surface area contributed by atoms with E-state index in [1.807, 2.05) is 72.8 Å². The lowest BCUT2D eigenvalue weighted by Gasteiger charge is -2.12. The molecule has 0 aliphatic heterocycles. The van der Waals surface area contributed by atoms with E-state index in [-0.39, 0.29) is 12.5 Å². The van der Waals surface area contributed by atoms with Gasteiger partial charge in [0.1, 0.15) is 11.5 Å². The summed E-state index contributed by atoms with van der Waals surface area (Å²) in [4.78, 5) is 12.2. The minimum Gasteiger partial charge on any atom is -0.484 e. The van der Waals surface area contributed by atoms with E-state index >= 15 is 0 Å². The van der Waals surface area contributed by atoms with Crippen LogP contribution in [-0.4, -0.2) is 12.5 Å². The van der Waals surface area contributed by atoms with Gasteiger partial charge in [-0.05, 0) is 48.4 Å². The predicted molar refractivity (Wildman–Crippen MR) is 103 cm³/mol. The summed E-state index contributed by atoms with van der Waals surface area (Å²) in [6, 6.07) is 24.5. The van der Waals surface area contributed by atoms with E-state index in [1.54, 1.807) is 6.07 Å². The van der Waals surface area contributed by atoms with Crippen LogP contribution in [0.15, 0.2) is 78.9 Å². The summed E-state index contributed by atoms with van der Waals surface area (Å²) in [5.74, 6) is 1.72. The summed E-state index contributed by atoms with van der Waals surface area (Å²) in [7, 11) is 0. The summed E-state index contributed by atoms with van der Waals surface area (Å²) in [6.45, 7) is 2.03. The van der Waals surface area contributed by atoms with E-state index in [2.05, 4.69) is 12.2 Å². The average molecular weight is 347 g/mol. The van der Waals surface area contributed by atoms with Gasteiger partial charge in [0.2, 0.25) is 0 Å². The first-order valence-electron chi connectivity index (χ1n) is 8.58. The quantitative estimate of drug-likeness (QED) is 0.650. The highest BCUT2D eigenvalue weighted by Gasteiger charge is 2.09. The number of hydrogen-bond acceptors (Lipinski definition) is 3. The van der Waals surface area contributed by atoms with E-state index < -0.39 is 0 Å². The first kappa shape index (κ1) is 17.5. The number of carbonyl (C=O) groups excluding carboxylic acids is 1. The van der Waals surface area contributed by atoms with Crippen molar-refractivity contribution in [3.63, 3.8) is 0 Å². The number of anilines is 1. The number of benzene rings is 3. The second-order valence-electron chi connectivity index (χ2n) is 5.75. The molecule has 3 aromatic carbocycles. The molecule has 4 heteroatoms. The Kier molecular flexibility index (Phi) is 5.88. The standard InChI is InChI=1S/C22H21NO3/c1-2-17-12-14-18(15-13-17)25-16-22(24)23-20-10-6-7-11-21(20)26-19-8-4-3-5-9-19/h3-15H,2,16H2,1H3,(H,23,24). The minimum absolute atomic E-state index is 0.0643. The largest absolute Gasteiger partial charge is 0.484 e. The Hall–Kier alpha value is -3.27. The monoisotopic (exact) mass is 347 g/mol. The number of carbonyl (C=O) groups is 1. The second kappa shape index (κ2) is 8.72. The van der Waals surface area contributed by atoms with Crippen molar-refractivity contribution in [2.45, 2.75) is 13.3 Å². The van der Waals surface area contributed by atoms with Crippen LogP contribution in [0.25, 0.3) is 0 Å². The van der Waals surface area contributed by atoms with Crippen molar-refractivity contribution >= 4 is 11.6 Å². The van der Waals surface area contributed by atoms with Crippen molar-refractivity contribution in [1.29, 1.82) is 0 Å². The molecule has 4 nitrogen and oxygen atoms in total. The van der Waals surface area contributed by atoms with Gasteiger partial charge in [0.25, 0.3) is 5.91 Å². The number of hydrogen-bond donors (Lipinski definition) is 1. The number of nitrogens with one attached hydrogen (secondary N) is 1.